The number of hydrogen-bond donors (Lipinski definition) is 1. The lowest BCUT2D eigenvalue weighted by Gasteiger charge is -2.29. The Kier molecular flexibility index (Phi) is 8.56. The molecule has 1 saturated heterocycles. The highest BCUT2D eigenvalue weighted by atomic mass is 35.5. The lowest BCUT2D eigenvalue weighted by atomic mass is 10.2. The smallest absolute Gasteiger partial charge is 0.121 e. The molecule has 126 valence electrons. The van der Waals surface area contributed by atoms with Crippen molar-refractivity contribution in [1.29, 1.82) is 0 Å². The van der Waals surface area contributed by atoms with Gasteiger partial charge in [-0.05, 0) is 18.2 Å². The molecule has 2 aromatic carbocycles. The van der Waals surface area contributed by atoms with E-state index in [1.165, 1.54) is 5.69 Å². The van der Waals surface area contributed by atoms with Gasteiger partial charge < -0.3 is 15.0 Å². The van der Waals surface area contributed by atoms with E-state index in [0.29, 0.717) is 6.61 Å². The molecule has 1 heterocycles. The van der Waals surface area contributed by atoms with Crippen molar-refractivity contribution in [2.24, 2.45) is 0 Å². The zero-order chi connectivity index (χ0) is 14.5. The minimum absolute atomic E-state index is 0. The van der Waals surface area contributed by atoms with Gasteiger partial charge in [-0.1, -0.05) is 35.9 Å². The predicted molar refractivity (Wildman–Crippen MR) is 102 cm³/mol. The van der Waals surface area contributed by atoms with Crippen molar-refractivity contribution in [2.45, 2.75) is 6.61 Å². The number of halogens is 3. The zero-order valence-corrected chi connectivity index (χ0v) is 15.1. The van der Waals surface area contributed by atoms with Crippen LogP contribution >= 0.6 is 36.4 Å². The van der Waals surface area contributed by atoms with Crippen molar-refractivity contribution >= 4 is 42.1 Å². The van der Waals surface area contributed by atoms with Gasteiger partial charge in [0.1, 0.15) is 12.4 Å². The number of piperazine rings is 1. The average Bonchev–Trinajstić information content (AvgIpc) is 2.55. The maximum absolute atomic E-state index is 6.15. The van der Waals surface area contributed by atoms with Crippen molar-refractivity contribution in [3.63, 3.8) is 0 Å². The van der Waals surface area contributed by atoms with Crippen LogP contribution in [0.2, 0.25) is 5.02 Å². The summed E-state index contributed by atoms with van der Waals surface area (Å²) < 4.78 is 5.88. The van der Waals surface area contributed by atoms with Crippen LogP contribution in [0.15, 0.2) is 48.5 Å². The van der Waals surface area contributed by atoms with E-state index in [9.17, 15) is 0 Å². The molecule has 0 amide bonds. The summed E-state index contributed by atoms with van der Waals surface area (Å²) in [4.78, 5) is 2.37. The number of ether oxygens (including phenoxy) is 1. The van der Waals surface area contributed by atoms with E-state index in [4.69, 9.17) is 16.3 Å². The van der Waals surface area contributed by atoms with E-state index in [1.54, 1.807) is 0 Å². The molecule has 1 aliphatic heterocycles. The van der Waals surface area contributed by atoms with Crippen LogP contribution in [0.5, 0.6) is 5.75 Å². The maximum atomic E-state index is 6.15. The molecule has 0 bridgehead atoms. The second kappa shape index (κ2) is 9.89. The van der Waals surface area contributed by atoms with Gasteiger partial charge in [0, 0.05) is 48.5 Å². The third kappa shape index (κ3) is 5.47. The first kappa shape index (κ1) is 19.9. The summed E-state index contributed by atoms with van der Waals surface area (Å²) in [6.07, 6.45) is 0. The first-order valence-corrected chi connectivity index (χ1v) is 7.63. The van der Waals surface area contributed by atoms with Gasteiger partial charge >= 0.3 is 0 Å². The summed E-state index contributed by atoms with van der Waals surface area (Å²) in [5.74, 6) is 0.881. The SMILES string of the molecule is Cl.Cl.Clc1ccccc1COc1cccc(N2CCNCC2)c1. The Morgan fingerprint density at radius 2 is 1.74 bits per heavy atom. The molecule has 1 aliphatic rings. The van der Waals surface area contributed by atoms with Crippen molar-refractivity contribution in [3.8, 4) is 5.75 Å². The van der Waals surface area contributed by atoms with Gasteiger partial charge in [0.2, 0.25) is 0 Å². The van der Waals surface area contributed by atoms with E-state index < -0.39 is 0 Å². The topological polar surface area (TPSA) is 24.5 Å². The quantitative estimate of drug-likeness (QED) is 0.868. The van der Waals surface area contributed by atoms with Crippen LogP contribution in [0, 0.1) is 0 Å². The molecule has 2 aromatic rings. The third-order valence-electron chi connectivity index (χ3n) is 3.65. The van der Waals surface area contributed by atoms with Gasteiger partial charge in [0.15, 0.2) is 0 Å². The van der Waals surface area contributed by atoms with Crippen LogP contribution in [-0.2, 0) is 6.61 Å². The Morgan fingerprint density at radius 3 is 2.48 bits per heavy atom. The second-order valence-corrected chi connectivity index (χ2v) is 5.52. The van der Waals surface area contributed by atoms with Gasteiger partial charge in [-0.2, -0.15) is 0 Å². The van der Waals surface area contributed by atoms with E-state index in [0.717, 1.165) is 42.5 Å². The molecule has 0 spiro atoms. The Hall–Kier alpha value is -1.13. The number of nitrogens with zero attached hydrogens (tertiary/aromatic N) is 1. The van der Waals surface area contributed by atoms with E-state index in [1.807, 2.05) is 36.4 Å². The summed E-state index contributed by atoms with van der Waals surface area (Å²) in [5.41, 5.74) is 2.22. The van der Waals surface area contributed by atoms with E-state index in [-0.39, 0.29) is 24.8 Å². The number of nitrogens with one attached hydrogen (secondary N) is 1. The summed E-state index contributed by atoms with van der Waals surface area (Å²) >= 11 is 6.15. The molecule has 0 unspecified atom stereocenters. The van der Waals surface area contributed by atoms with Crippen LogP contribution in [0.3, 0.4) is 0 Å². The largest absolute Gasteiger partial charge is 0.489 e. The van der Waals surface area contributed by atoms with Crippen molar-refractivity contribution in [2.75, 3.05) is 31.1 Å². The molecule has 6 heteroatoms. The average molecular weight is 376 g/mol. The fourth-order valence-corrected chi connectivity index (χ4v) is 2.66. The molecule has 1 N–H and O–H groups in total. The number of anilines is 1. The van der Waals surface area contributed by atoms with Crippen molar-refractivity contribution in [1.82, 2.24) is 5.32 Å². The number of rotatable bonds is 4. The normalized spacial score (nSPS) is 13.7. The van der Waals surface area contributed by atoms with E-state index >= 15 is 0 Å². The fourth-order valence-electron chi connectivity index (χ4n) is 2.47. The monoisotopic (exact) mass is 374 g/mol. The van der Waals surface area contributed by atoms with E-state index in [2.05, 4.69) is 22.3 Å². The van der Waals surface area contributed by atoms with Crippen molar-refractivity contribution < 1.29 is 4.74 Å². The Bertz CT molecular complexity index is 604. The predicted octanol–water partition coefficient (Wildman–Crippen LogP) is 4.17. The molecule has 0 atom stereocenters. The minimum Gasteiger partial charge on any atom is -0.489 e. The molecule has 0 aromatic heterocycles. The summed E-state index contributed by atoms with van der Waals surface area (Å²) in [7, 11) is 0. The first-order chi connectivity index (χ1) is 10.3. The fraction of sp³-hybridized carbons (Fsp3) is 0.294. The first-order valence-electron chi connectivity index (χ1n) is 7.25. The lowest BCUT2D eigenvalue weighted by Crippen LogP contribution is -2.43. The highest BCUT2D eigenvalue weighted by Gasteiger charge is 2.11. The molecule has 3 nitrogen and oxygen atoms in total. The molecule has 1 fully saturated rings. The number of hydrogen-bond acceptors (Lipinski definition) is 3. The molecule has 0 radical (unpaired) electrons. The Balaban J connectivity index is 0.00000132. The highest BCUT2D eigenvalue weighted by Crippen LogP contribution is 2.23. The Morgan fingerprint density at radius 1 is 1.00 bits per heavy atom. The second-order valence-electron chi connectivity index (χ2n) is 5.11. The standard InChI is InChI=1S/C17H19ClN2O.2ClH/c18-17-7-2-1-4-14(17)13-21-16-6-3-5-15(12-16)20-10-8-19-9-11-20;;/h1-7,12,19H,8-11,13H2;2*1H. The molecular weight excluding hydrogens is 355 g/mol. The van der Waals surface area contributed by atoms with Gasteiger partial charge in [0.25, 0.3) is 0 Å². The minimum atomic E-state index is 0. The maximum Gasteiger partial charge on any atom is 0.121 e. The van der Waals surface area contributed by atoms with Crippen LogP contribution in [0.4, 0.5) is 5.69 Å². The summed E-state index contributed by atoms with van der Waals surface area (Å²) in [6, 6.07) is 16.0. The third-order valence-corrected chi connectivity index (χ3v) is 4.02. The summed E-state index contributed by atoms with van der Waals surface area (Å²) in [5, 5.41) is 4.11. The van der Waals surface area contributed by atoms with Crippen LogP contribution in [0.1, 0.15) is 5.56 Å². The molecule has 23 heavy (non-hydrogen) atoms. The van der Waals surface area contributed by atoms with Gasteiger partial charge in [-0.25, -0.2) is 0 Å². The lowest BCUT2D eigenvalue weighted by molar-refractivity contribution is 0.306. The summed E-state index contributed by atoms with van der Waals surface area (Å²) in [6.45, 7) is 4.63. The van der Waals surface area contributed by atoms with Crippen LogP contribution in [0.25, 0.3) is 0 Å². The van der Waals surface area contributed by atoms with Crippen LogP contribution < -0.4 is 15.0 Å². The zero-order valence-electron chi connectivity index (χ0n) is 12.7. The molecule has 0 saturated carbocycles. The Labute approximate surface area is 154 Å². The van der Waals surface area contributed by atoms with Crippen LogP contribution in [-0.4, -0.2) is 26.2 Å². The van der Waals surface area contributed by atoms with Gasteiger partial charge in [-0.15, -0.1) is 24.8 Å². The highest BCUT2D eigenvalue weighted by molar-refractivity contribution is 6.31. The van der Waals surface area contributed by atoms with Gasteiger partial charge in [-0.3, -0.25) is 0 Å². The molecular formula is C17H21Cl3N2O. The molecule has 0 aliphatic carbocycles. The number of benzene rings is 2. The van der Waals surface area contributed by atoms with Gasteiger partial charge in [0.05, 0.1) is 0 Å². The van der Waals surface area contributed by atoms with Crippen molar-refractivity contribution in [3.05, 3.63) is 59.1 Å². The molecule has 3 rings (SSSR count).